The Morgan fingerprint density at radius 3 is 2.50 bits per heavy atom. The third-order valence-electron chi connectivity index (χ3n) is 4.85. The second-order valence-electron chi connectivity index (χ2n) is 6.58. The summed E-state index contributed by atoms with van der Waals surface area (Å²) in [5, 5.41) is 6.20. The summed E-state index contributed by atoms with van der Waals surface area (Å²) >= 11 is 0. The fraction of sp³-hybridized carbons (Fsp3) is 0.579. The van der Waals surface area contributed by atoms with Gasteiger partial charge in [-0.1, -0.05) is 6.92 Å². The topological polar surface area (TPSA) is 85.9 Å². The second kappa shape index (κ2) is 9.43. The van der Waals surface area contributed by atoms with Gasteiger partial charge in [0, 0.05) is 18.6 Å². The Labute approximate surface area is 154 Å². The number of nitrogens with one attached hydrogen (secondary N) is 2. The van der Waals surface area contributed by atoms with Crippen LogP contribution in [0.1, 0.15) is 36.5 Å². The molecule has 2 N–H and O–H groups in total. The van der Waals surface area contributed by atoms with Crippen molar-refractivity contribution in [3.63, 3.8) is 0 Å². The van der Waals surface area contributed by atoms with Crippen LogP contribution >= 0.6 is 0 Å². The van der Waals surface area contributed by atoms with Gasteiger partial charge in [0.15, 0.2) is 11.5 Å². The molecular formula is C19H28N2O5. The summed E-state index contributed by atoms with van der Waals surface area (Å²) in [6, 6.07) is 3.09. The van der Waals surface area contributed by atoms with Gasteiger partial charge in [-0.15, -0.1) is 0 Å². The lowest BCUT2D eigenvalue weighted by Gasteiger charge is -2.28. The lowest BCUT2D eigenvalue weighted by atomic mass is 9.85. The first-order valence-corrected chi connectivity index (χ1v) is 8.85. The molecule has 1 aromatic rings. The summed E-state index contributed by atoms with van der Waals surface area (Å²) in [5.74, 6) is 0.878. The van der Waals surface area contributed by atoms with Crippen molar-refractivity contribution in [2.75, 3.05) is 39.7 Å². The average Bonchev–Trinajstić information content (AvgIpc) is 2.67. The number of esters is 1. The predicted molar refractivity (Wildman–Crippen MR) is 98.9 cm³/mol. The number of carbonyl (C=O) groups excluding carboxylic acids is 2. The SMILES string of the molecule is COC(=O)c1cc(OC)c(OC)cc1NC(=O)CC(C)C1CCCNC1. The van der Waals surface area contributed by atoms with E-state index in [0.29, 0.717) is 29.5 Å². The van der Waals surface area contributed by atoms with Gasteiger partial charge in [-0.3, -0.25) is 4.79 Å². The van der Waals surface area contributed by atoms with Gasteiger partial charge in [0.2, 0.25) is 5.91 Å². The van der Waals surface area contributed by atoms with E-state index in [0.717, 1.165) is 25.9 Å². The van der Waals surface area contributed by atoms with Crippen LogP contribution in [0.4, 0.5) is 5.69 Å². The van der Waals surface area contributed by atoms with Gasteiger partial charge in [0.05, 0.1) is 32.6 Å². The lowest BCUT2D eigenvalue weighted by Crippen LogP contribution is -2.34. The number of hydrogen-bond acceptors (Lipinski definition) is 6. The minimum absolute atomic E-state index is 0.138. The van der Waals surface area contributed by atoms with Crippen molar-refractivity contribution < 1.29 is 23.8 Å². The van der Waals surface area contributed by atoms with Gasteiger partial charge < -0.3 is 24.8 Å². The monoisotopic (exact) mass is 364 g/mol. The van der Waals surface area contributed by atoms with Crippen LogP contribution in [-0.2, 0) is 9.53 Å². The zero-order chi connectivity index (χ0) is 19.1. The molecule has 1 heterocycles. The van der Waals surface area contributed by atoms with Crippen molar-refractivity contribution in [3.8, 4) is 11.5 Å². The van der Waals surface area contributed by atoms with Crippen molar-refractivity contribution in [2.24, 2.45) is 11.8 Å². The van der Waals surface area contributed by atoms with E-state index in [2.05, 4.69) is 17.6 Å². The number of anilines is 1. The molecule has 0 radical (unpaired) electrons. The number of methoxy groups -OCH3 is 3. The molecule has 1 saturated heterocycles. The zero-order valence-corrected chi connectivity index (χ0v) is 15.9. The highest BCUT2D eigenvalue weighted by Gasteiger charge is 2.24. The van der Waals surface area contributed by atoms with Crippen LogP contribution in [0.3, 0.4) is 0 Å². The fourth-order valence-corrected chi connectivity index (χ4v) is 3.29. The first-order chi connectivity index (χ1) is 12.5. The number of benzene rings is 1. The quantitative estimate of drug-likeness (QED) is 0.723. The van der Waals surface area contributed by atoms with Crippen LogP contribution < -0.4 is 20.1 Å². The number of amides is 1. The van der Waals surface area contributed by atoms with Crippen molar-refractivity contribution in [2.45, 2.75) is 26.2 Å². The van der Waals surface area contributed by atoms with E-state index in [-0.39, 0.29) is 17.4 Å². The normalized spacial score (nSPS) is 17.9. The Bertz CT molecular complexity index is 641. The number of piperidine rings is 1. The lowest BCUT2D eigenvalue weighted by molar-refractivity contribution is -0.117. The minimum Gasteiger partial charge on any atom is -0.493 e. The maximum atomic E-state index is 12.5. The Morgan fingerprint density at radius 1 is 1.23 bits per heavy atom. The van der Waals surface area contributed by atoms with Crippen LogP contribution in [0, 0.1) is 11.8 Å². The van der Waals surface area contributed by atoms with Crippen molar-refractivity contribution >= 4 is 17.6 Å². The highest BCUT2D eigenvalue weighted by molar-refractivity contribution is 6.02. The zero-order valence-electron chi connectivity index (χ0n) is 15.9. The maximum absolute atomic E-state index is 12.5. The second-order valence-corrected chi connectivity index (χ2v) is 6.58. The Kier molecular flexibility index (Phi) is 7.26. The summed E-state index contributed by atoms with van der Waals surface area (Å²) in [6.07, 6.45) is 2.66. The standard InChI is InChI=1S/C19H28N2O5/c1-12(13-6-5-7-20-11-13)8-18(22)21-15-10-17(25-3)16(24-2)9-14(15)19(23)26-4/h9-10,12-13,20H,5-8,11H2,1-4H3,(H,21,22). The summed E-state index contributed by atoms with van der Waals surface area (Å²) in [5.41, 5.74) is 0.582. The Balaban J connectivity index is 2.15. The molecule has 1 aliphatic heterocycles. The van der Waals surface area contributed by atoms with Gasteiger partial charge in [0.1, 0.15) is 0 Å². The van der Waals surface area contributed by atoms with E-state index < -0.39 is 5.97 Å². The molecule has 0 saturated carbocycles. The molecule has 7 nitrogen and oxygen atoms in total. The molecule has 2 atom stereocenters. The number of hydrogen-bond donors (Lipinski definition) is 2. The van der Waals surface area contributed by atoms with E-state index in [9.17, 15) is 9.59 Å². The van der Waals surface area contributed by atoms with E-state index in [1.54, 1.807) is 6.07 Å². The molecular weight excluding hydrogens is 336 g/mol. The van der Waals surface area contributed by atoms with Gasteiger partial charge in [-0.05, 0) is 37.8 Å². The van der Waals surface area contributed by atoms with E-state index in [4.69, 9.17) is 14.2 Å². The predicted octanol–water partition coefficient (Wildman–Crippen LogP) is 2.45. The molecule has 0 aliphatic carbocycles. The molecule has 26 heavy (non-hydrogen) atoms. The van der Waals surface area contributed by atoms with Crippen molar-refractivity contribution in [1.82, 2.24) is 5.32 Å². The van der Waals surface area contributed by atoms with Gasteiger partial charge >= 0.3 is 5.97 Å². The molecule has 2 unspecified atom stereocenters. The molecule has 144 valence electrons. The van der Waals surface area contributed by atoms with Gasteiger partial charge in [0.25, 0.3) is 0 Å². The van der Waals surface area contributed by atoms with E-state index in [1.807, 2.05) is 0 Å². The van der Waals surface area contributed by atoms with Gasteiger partial charge in [-0.2, -0.15) is 0 Å². The van der Waals surface area contributed by atoms with Crippen LogP contribution in [0.5, 0.6) is 11.5 Å². The van der Waals surface area contributed by atoms with Crippen LogP contribution in [0.25, 0.3) is 0 Å². The molecule has 7 heteroatoms. The fourth-order valence-electron chi connectivity index (χ4n) is 3.29. The van der Waals surface area contributed by atoms with Crippen LogP contribution in [-0.4, -0.2) is 46.3 Å². The molecule has 0 bridgehead atoms. The maximum Gasteiger partial charge on any atom is 0.340 e. The smallest absolute Gasteiger partial charge is 0.340 e. The van der Waals surface area contributed by atoms with E-state index in [1.165, 1.54) is 27.4 Å². The molecule has 0 aromatic heterocycles. The van der Waals surface area contributed by atoms with Crippen LogP contribution in [0.15, 0.2) is 12.1 Å². The number of carbonyl (C=O) groups is 2. The molecule has 0 spiro atoms. The molecule has 1 aromatic carbocycles. The highest BCUT2D eigenvalue weighted by Crippen LogP contribution is 2.34. The minimum atomic E-state index is -0.550. The summed E-state index contributed by atoms with van der Waals surface area (Å²) in [4.78, 5) is 24.6. The molecule has 1 amide bonds. The molecule has 1 aliphatic rings. The first-order valence-electron chi connectivity index (χ1n) is 8.85. The molecule has 1 fully saturated rings. The first kappa shape index (κ1) is 20.0. The number of ether oxygens (including phenoxy) is 3. The van der Waals surface area contributed by atoms with Crippen LogP contribution in [0.2, 0.25) is 0 Å². The Morgan fingerprint density at radius 2 is 1.92 bits per heavy atom. The van der Waals surface area contributed by atoms with Crippen molar-refractivity contribution in [3.05, 3.63) is 17.7 Å². The average molecular weight is 364 g/mol. The summed E-state index contributed by atoms with van der Waals surface area (Å²) in [6.45, 7) is 4.08. The number of rotatable bonds is 7. The Hall–Kier alpha value is -2.28. The van der Waals surface area contributed by atoms with E-state index >= 15 is 0 Å². The summed E-state index contributed by atoms with van der Waals surface area (Å²) < 4.78 is 15.3. The third-order valence-corrected chi connectivity index (χ3v) is 4.85. The largest absolute Gasteiger partial charge is 0.493 e. The highest BCUT2D eigenvalue weighted by atomic mass is 16.5. The molecule has 2 rings (SSSR count). The third kappa shape index (κ3) is 4.88. The van der Waals surface area contributed by atoms with Gasteiger partial charge in [-0.25, -0.2) is 4.79 Å². The van der Waals surface area contributed by atoms with Crippen molar-refractivity contribution in [1.29, 1.82) is 0 Å². The summed E-state index contributed by atoms with van der Waals surface area (Å²) in [7, 11) is 4.28.